The molecule has 3 nitrogen and oxygen atoms in total. The molecule has 1 aliphatic heterocycles. The maximum Gasteiger partial charge on any atom is 0.230 e. The molecule has 1 saturated carbocycles. The van der Waals surface area contributed by atoms with Gasteiger partial charge in [-0.2, -0.15) is 0 Å². The Balaban J connectivity index is 2.03. The molecule has 2 rings (SSSR count). The van der Waals surface area contributed by atoms with Crippen molar-refractivity contribution >= 4 is 5.91 Å². The van der Waals surface area contributed by atoms with E-state index in [0.717, 1.165) is 51.1 Å². The molecule has 0 bridgehead atoms. The van der Waals surface area contributed by atoms with Crippen molar-refractivity contribution in [3.05, 3.63) is 0 Å². The first kappa shape index (κ1) is 12.9. The van der Waals surface area contributed by atoms with Crippen LogP contribution in [-0.4, -0.2) is 29.9 Å². The van der Waals surface area contributed by atoms with Crippen molar-refractivity contribution in [1.82, 2.24) is 4.90 Å². The van der Waals surface area contributed by atoms with Crippen LogP contribution < -0.4 is 5.73 Å². The van der Waals surface area contributed by atoms with Gasteiger partial charge in [-0.25, -0.2) is 0 Å². The Hall–Kier alpha value is -0.570. The normalized spacial score (nSPS) is 39.1. The quantitative estimate of drug-likeness (QED) is 0.761. The number of carbonyl (C=O) groups is 1. The highest BCUT2D eigenvalue weighted by Gasteiger charge is 2.45. The van der Waals surface area contributed by atoms with Crippen molar-refractivity contribution in [2.75, 3.05) is 13.1 Å². The summed E-state index contributed by atoms with van der Waals surface area (Å²) in [6, 6.07) is 0.0654. The molecule has 0 aromatic heterocycles. The van der Waals surface area contributed by atoms with E-state index < -0.39 is 0 Å². The largest absolute Gasteiger partial charge is 0.342 e. The zero-order valence-corrected chi connectivity index (χ0v) is 11.2. The smallest absolute Gasteiger partial charge is 0.230 e. The van der Waals surface area contributed by atoms with E-state index in [2.05, 4.69) is 18.7 Å². The molecule has 1 saturated heterocycles. The number of hydrogen-bond donors (Lipinski definition) is 1. The van der Waals surface area contributed by atoms with Gasteiger partial charge in [-0.3, -0.25) is 4.79 Å². The molecule has 2 fully saturated rings. The number of nitrogens with zero attached hydrogens (tertiary/aromatic N) is 1. The van der Waals surface area contributed by atoms with E-state index in [1.54, 1.807) is 0 Å². The molecule has 0 aromatic rings. The maximum atomic E-state index is 12.6. The van der Waals surface area contributed by atoms with Crippen LogP contribution in [0.1, 0.15) is 52.4 Å². The minimum Gasteiger partial charge on any atom is -0.342 e. The lowest BCUT2D eigenvalue weighted by Crippen LogP contribution is -2.49. The van der Waals surface area contributed by atoms with Gasteiger partial charge < -0.3 is 10.6 Å². The van der Waals surface area contributed by atoms with Crippen molar-refractivity contribution in [1.29, 1.82) is 0 Å². The average molecular weight is 238 g/mol. The summed E-state index contributed by atoms with van der Waals surface area (Å²) < 4.78 is 0. The molecule has 0 spiro atoms. The summed E-state index contributed by atoms with van der Waals surface area (Å²) >= 11 is 0. The highest BCUT2D eigenvalue weighted by molar-refractivity contribution is 5.83. The molecular weight excluding hydrogens is 212 g/mol. The fourth-order valence-electron chi connectivity index (χ4n) is 3.29. The van der Waals surface area contributed by atoms with E-state index in [0.29, 0.717) is 5.91 Å². The van der Waals surface area contributed by atoms with Crippen LogP contribution in [0.4, 0.5) is 0 Å². The number of rotatable bonds is 1. The van der Waals surface area contributed by atoms with E-state index in [1.807, 2.05) is 0 Å². The lowest BCUT2D eigenvalue weighted by molar-refractivity contribution is -0.141. The number of amides is 1. The molecule has 1 heterocycles. The second-order valence-corrected chi connectivity index (χ2v) is 6.24. The molecule has 2 aliphatic rings. The van der Waals surface area contributed by atoms with Crippen molar-refractivity contribution in [3.8, 4) is 0 Å². The molecule has 3 unspecified atom stereocenters. The Morgan fingerprint density at radius 1 is 1.24 bits per heavy atom. The van der Waals surface area contributed by atoms with Crippen LogP contribution in [0.5, 0.6) is 0 Å². The SMILES string of the molecule is CC1CCCN(C(=O)C2(C)CCCC2N)CC1. The van der Waals surface area contributed by atoms with Gasteiger partial charge >= 0.3 is 0 Å². The summed E-state index contributed by atoms with van der Waals surface area (Å²) in [6.45, 7) is 6.23. The summed E-state index contributed by atoms with van der Waals surface area (Å²) in [4.78, 5) is 14.7. The third kappa shape index (κ3) is 2.49. The van der Waals surface area contributed by atoms with E-state index >= 15 is 0 Å². The Kier molecular flexibility index (Phi) is 3.76. The number of hydrogen-bond acceptors (Lipinski definition) is 2. The third-order valence-electron chi connectivity index (χ3n) is 4.82. The van der Waals surface area contributed by atoms with Gasteiger partial charge in [-0.15, -0.1) is 0 Å². The van der Waals surface area contributed by atoms with Crippen LogP contribution in [0.25, 0.3) is 0 Å². The van der Waals surface area contributed by atoms with Crippen molar-refractivity contribution < 1.29 is 4.79 Å². The van der Waals surface area contributed by atoms with Crippen LogP contribution in [0.2, 0.25) is 0 Å². The highest BCUT2D eigenvalue weighted by atomic mass is 16.2. The van der Waals surface area contributed by atoms with Gasteiger partial charge in [0.05, 0.1) is 5.41 Å². The monoisotopic (exact) mass is 238 g/mol. The first-order chi connectivity index (χ1) is 8.04. The summed E-state index contributed by atoms with van der Waals surface area (Å²) in [6.07, 6.45) is 6.64. The summed E-state index contributed by atoms with van der Waals surface area (Å²) in [5, 5.41) is 0. The van der Waals surface area contributed by atoms with Crippen molar-refractivity contribution in [2.45, 2.75) is 58.4 Å². The first-order valence-electron chi connectivity index (χ1n) is 7.09. The molecule has 2 N–H and O–H groups in total. The van der Waals surface area contributed by atoms with Gasteiger partial charge in [0.25, 0.3) is 0 Å². The van der Waals surface area contributed by atoms with Gasteiger partial charge in [0.1, 0.15) is 0 Å². The molecule has 98 valence electrons. The average Bonchev–Trinajstić information content (AvgIpc) is 2.52. The first-order valence-corrected chi connectivity index (χ1v) is 7.09. The fraction of sp³-hybridized carbons (Fsp3) is 0.929. The molecule has 1 amide bonds. The van der Waals surface area contributed by atoms with E-state index in [9.17, 15) is 4.79 Å². The lowest BCUT2D eigenvalue weighted by atomic mass is 9.83. The van der Waals surface area contributed by atoms with Crippen LogP contribution in [0.3, 0.4) is 0 Å². The standard InChI is InChI=1S/C14H26N2O/c1-11-5-4-9-16(10-7-11)13(17)14(2)8-3-6-12(14)15/h11-12H,3-10,15H2,1-2H3. The number of nitrogens with two attached hydrogens (primary N) is 1. The van der Waals surface area contributed by atoms with Crippen molar-refractivity contribution in [3.63, 3.8) is 0 Å². The molecule has 0 radical (unpaired) electrons. The molecular formula is C14H26N2O. The van der Waals surface area contributed by atoms with Crippen LogP contribution in [0.15, 0.2) is 0 Å². The number of likely N-dealkylation sites (tertiary alicyclic amines) is 1. The van der Waals surface area contributed by atoms with E-state index in [4.69, 9.17) is 5.73 Å². The lowest BCUT2D eigenvalue weighted by Gasteiger charge is -2.34. The highest BCUT2D eigenvalue weighted by Crippen LogP contribution is 2.38. The topological polar surface area (TPSA) is 46.3 Å². The molecule has 3 heteroatoms. The minimum atomic E-state index is -0.284. The zero-order valence-electron chi connectivity index (χ0n) is 11.2. The second kappa shape index (κ2) is 4.97. The van der Waals surface area contributed by atoms with E-state index in [1.165, 1.54) is 6.42 Å². The van der Waals surface area contributed by atoms with Gasteiger partial charge in [0, 0.05) is 19.1 Å². The Bertz CT molecular complexity index is 292. The Labute approximate surface area is 105 Å². The predicted molar refractivity (Wildman–Crippen MR) is 69.5 cm³/mol. The fourth-order valence-corrected chi connectivity index (χ4v) is 3.29. The number of carbonyl (C=O) groups excluding carboxylic acids is 1. The Morgan fingerprint density at radius 3 is 2.65 bits per heavy atom. The Morgan fingerprint density at radius 2 is 2.00 bits per heavy atom. The summed E-state index contributed by atoms with van der Waals surface area (Å²) in [5.74, 6) is 1.08. The summed E-state index contributed by atoms with van der Waals surface area (Å²) in [7, 11) is 0. The predicted octanol–water partition coefficient (Wildman–Crippen LogP) is 2.15. The zero-order chi connectivity index (χ0) is 12.5. The van der Waals surface area contributed by atoms with Gasteiger partial charge in [0.2, 0.25) is 5.91 Å². The van der Waals surface area contributed by atoms with Gasteiger partial charge in [-0.05, 0) is 44.9 Å². The minimum absolute atomic E-state index is 0.0654. The maximum absolute atomic E-state index is 12.6. The van der Waals surface area contributed by atoms with Gasteiger partial charge in [0.15, 0.2) is 0 Å². The summed E-state index contributed by atoms with van der Waals surface area (Å²) in [5.41, 5.74) is 5.86. The molecule has 1 aliphatic carbocycles. The van der Waals surface area contributed by atoms with Gasteiger partial charge in [-0.1, -0.05) is 13.3 Å². The second-order valence-electron chi connectivity index (χ2n) is 6.24. The molecule has 0 aromatic carbocycles. The molecule has 17 heavy (non-hydrogen) atoms. The molecule has 3 atom stereocenters. The van der Waals surface area contributed by atoms with Crippen molar-refractivity contribution in [2.24, 2.45) is 17.1 Å². The van der Waals surface area contributed by atoms with Crippen LogP contribution >= 0.6 is 0 Å². The third-order valence-corrected chi connectivity index (χ3v) is 4.82. The van der Waals surface area contributed by atoms with Crippen LogP contribution in [0, 0.1) is 11.3 Å². The van der Waals surface area contributed by atoms with E-state index in [-0.39, 0.29) is 11.5 Å². The van der Waals surface area contributed by atoms with Crippen LogP contribution in [-0.2, 0) is 4.79 Å².